The van der Waals surface area contributed by atoms with Crippen LogP contribution < -0.4 is 9.64 Å². The Morgan fingerprint density at radius 3 is 2.87 bits per heavy atom. The van der Waals surface area contributed by atoms with Gasteiger partial charge in [0.1, 0.15) is 5.75 Å². The van der Waals surface area contributed by atoms with Gasteiger partial charge in [-0.2, -0.15) is 0 Å². The molecule has 0 aliphatic carbocycles. The highest BCUT2D eigenvalue weighted by atomic mass is 16.5. The van der Waals surface area contributed by atoms with E-state index in [4.69, 9.17) is 4.74 Å². The van der Waals surface area contributed by atoms with Crippen molar-refractivity contribution >= 4 is 11.6 Å². The first-order chi connectivity index (χ1) is 11.2. The summed E-state index contributed by atoms with van der Waals surface area (Å²) in [5.41, 5.74) is 3.92. The van der Waals surface area contributed by atoms with E-state index in [1.807, 2.05) is 47.4 Å². The minimum absolute atomic E-state index is 0.0374. The zero-order valence-corrected chi connectivity index (χ0v) is 13.6. The summed E-state index contributed by atoms with van der Waals surface area (Å²) >= 11 is 0. The van der Waals surface area contributed by atoms with Crippen molar-refractivity contribution in [1.82, 2.24) is 0 Å². The van der Waals surface area contributed by atoms with Gasteiger partial charge in [0.25, 0.3) is 5.91 Å². The zero-order valence-electron chi connectivity index (χ0n) is 13.6. The maximum absolute atomic E-state index is 13.0. The molecule has 0 bridgehead atoms. The molecule has 118 valence electrons. The number of anilines is 1. The Morgan fingerprint density at radius 1 is 1.35 bits per heavy atom. The molecule has 0 saturated heterocycles. The van der Waals surface area contributed by atoms with Crippen LogP contribution in [0.2, 0.25) is 0 Å². The molecule has 3 heteroatoms. The summed E-state index contributed by atoms with van der Waals surface area (Å²) in [6, 6.07) is 13.9. The van der Waals surface area contributed by atoms with Crippen molar-refractivity contribution in [3.05, 3.63) is 71.8 Å². The highest BCUT2D eigenvalue weighted by Gasteiger charge is 2.31. The van der Waals surface area contributed by atoms with E-state index in [0.717, 1.165) is 23.4 Å². The largest absolute Gasteiger partial charge is 0.496 e. The molecule has 23 heavy (non-hydrogen) atoms. The molecule has 0 saturated carbocycles. The Hall–Kier alpha value is -2.55. The molecular formula is C20H21NO2. The molecule has 1 amide bonds. The fourth-order valence-electron chi connectivity index (χ4n) is 3.24. The predicted octanol–water partition coefficient (Wildman–Crippen LogP) is 4.02. The maximum atomic E-state index is 13.0. The predicted molar refractivity (Wildman–Crippen MR) is 93.3 cm³/mol. The minimum Gasteiger partial charge on any atom is -0.496 e. The molecule has 1 atom stereocenters. The van der Waals surface area contributed by atoms with Gasteiger partial charge in [-0.25, -0.2) is 0 Å². The molecule has 3 nitrogen and oxygen atoms in total. The summed E-state index contributed by atoms with van der Waals surface area (Å²) in [4.78, 5) is 14.9. The lowest BCUT2D eigenvalue weighted by Crippen LogP contribution is -2.35. The van der Waals surface area contributed by atoms with Crippen LogP contribution in [-0.2, 0) is 12.8 Å². The number of fused-ring (bicyclic) bond motifs is 1. The Kier molecular flexibility index (Phi) is 4.20. The lowest BCUT2D eigenvalue weighted by atomic mass is 10.1. The van der Waals surface area contributed by atoms with Gasteiger partial charge in [-0.05, 0) is 55.2 Å². The third-order valence-corrected chi connectivity index (χ3v) is 4.32. The third-order valence-electron chi connectivity index (χ3n) is 4.32. The van der Waals surface area contributed by atoms with E-state index in [1.165, 1.54) is 5.56 Å². The summed E-state index contributed by atoms with van der Waals surface area (Å²) in [5, 5.41) is 0. The van der Waals surface area contributed by atoms with Crippen LogP contribution in [0.25, 0.3) is 0 Å². The monoisotopic (exact) mass is 307 g/mol. The lowest BCUT2D eigenvalue weighted by Gasteiger charge is -2.23. The van der Waals surface area contributed by atoms with E-state index in [1.54, 1.807) is 7.11 Å². The van der Waals surface area contributed by atoms with Crippen LogP contribution in [0.4, 0.5) is 5.69 Å². The number of nitrogens with zero attached hydrogens (tertiary/aromatic N) is 1. The van der Waals surface area contributed by atoms with Crippen molar-refractivity contribution in [2.24, 2.45) is 0 Å². The van der Waals surface area contributed by atoms with E-state index in [0.29, 0.717) is 12.0 Å². The fourth-order valence-corrected chi connectivity index (χ4v) is 3.24. The van der Waals surface area contributed by atoms with Crippen molar-refractivity contribution in [3.63, 3.8) is 0 Å². The van der Waals surface area contributed by atoms with Gasteiger partial charge in [0.2, 0.25) is 0 Å². The zero-order chi connectivity index (χ0) is 16.4. The number of allylic oxidation sites excluding steroid dienone is 1. The minimum atomic E-state index is 0.0374. The SMILES string of the molecule is C=CCc1cc(C(=O)N2c3ccccc3C[C@@H]2C)ccc1OC. The van der Waals surface area contributed by atoms with Gasteiger partial charge >= 0.3 is 0 Å². The maximum Gasteiger partial charge on any atom is 0.258 e. The second kappa shape index (κ2) is 6.29. The Labute approximate surface area is 137 Å². The number of carbonyl (C=O) groups is 1. The third kappa shape index (κ3) is 2.74. The Balaban J connectivity index is 1.97. The van der Waals surface area contributed by atoms with Gasteiger partial charge in [0.05, 0.1) is 7.11 Å². The van der Waals surface area contributed by atoms with Crippen LogP contribution >= 0.6 is 0 Å². The van der Waals surface area contributed by atoms with E-state index >= 15 is 0 Å². The van der Waals surface area contributed by atoms with Crippen LogP contribution in [0.5, 0.6) is 5.75 Å². The summed E-state index contributed by atoms with van der Waals surface area (Å²) in [5.74, 6) is 0.826. The highest BCUT2D eigenvalue weighted by Crippen LogP contribution is 2.33. The van der Waals surface area contributed by atoms with Gasteiger partial charge in [-0.3, -0.25) is 4.79 Å². The first-order valence-electron chi connectivity index (χ1n) is 7.85. The molecule has 0 radical (unpaired) electrons. The first-order valence-corrected chi connectivity index (χ1v) is 7.85. The van der Waals surface area contributed by atoms with Crippen LogP contribution in [0, 0.1) is 0 Å². The van der Waals surface area contributed by atoms with Crippen LogP contribution in [0.1, 0.15) is 28.4 Å². The van der Waals surface area contributed by atoms with Crippen LogP contribution in [0.3, 0.4) is 0 Å². The summed E-state index contributed by atoms with van der Waals surface area (Å²) in [6.45, 7) is 5.86. The molecule has 0 unspecified atom stereocenters. The number of para-hydroxylation sites is 1. The average molecular weight is 307 g/mol. The standard InChI is InChI=1S/C20H21NO2/c1-4-7-16-13-17(10-11-19(16)23-3)20(22)21-14(2)12-15-8-5-6-9-18(15)21/h4-6,8-11,13-14H,1,7,12H2,2-3H3/t14-/m0/s1. The normalized spacial score (nSPS) is 16.1. The molecule has 0 fully saturated rings. The van der Waals surface area contributed by atoms with E-state index in [9.17, 15) is 4.79 Å². The van der Waals surface area contributed by atoms with Gasteiger partial charge in [-0.15, -0.1) is 6.58 Å². The first kappa shape index (κ1) is 15.3. The van der Waals surface area contributed by atoms with Gasteiger partial charge < -0.3 is 9.64 Å². The number of hydrogen-bond donors (Lipinski definition) is 0. The van der Waals surface area contributed by atoms with E-state index in [2.05, 4.69) is 19.6 Å². The second-order valence-corrected chi connectivity index (χ2v) is 5.88. The number of rotatable bonds is 4. The Bertz CT molecular complexity index is 751. The van der Waals surface area contributed by atoms with Crippen molar-refractivity contribution in [2.75, 3.05) is 12.0 Å². The number of hydrogen-bond acceptors (Lipinski definition) is 2. The van der Waals surface area contributed by atoms with Gasteiger partial charge in [-0.1, -0.05) is 24.3 Å². The fraction of sp³-hybridized carbons (Fsp3) is 0.250. The molecule has 1 heterocycles. The molecule has 0 spiro atoms. The van der Waals surface area contributed by atoms with Crippen LogP contribution in [0.15, 0.2) is 55.1 Å². The number of amides is 1. The summed E-state index contributed by atoms with van der Waals surface area (Å²) in [7, 11) is 1.64. The van der Waals surface area contributed by atoms with Gasteiger partial charge in [0.15, 0.2) is 0 Å². The molecule has 0 aromatic heterocycles. The number of methoxy groups -OCH3 is 1. The molecule has 1 aliphatic rings. The molecule has 1 aliphatic heterocycles. The topological polar surface area (TPSA) is 29.5 Å². The average Bonchev–Trinajstić information content (AvgIpc) is 2.90. The molecule has 2 aromatic rings. The highest BCUT2D eigenvalue weighted by molar-refractivity contribution is 6.08. The lowest BCUT2D eigenvalue weighted by molar-refractivity contribution is 0.0981. The van der Waals surface area contributed by atoms with Crippen molar-refractivity contribution < 1.29 is 9.53 Å². The van der Waals surface area contributed by atoms with Crippen molar-refractivity contribution in [3.8, 4) is 5.75 Å². The van der Waals surface area contributed by atoms with Crippen LogP contribution in [-0.4, -0.2) is 19.1 Å². The number of ether oxygens (including phenoxy) is 1. The smallest absolute Gasteiger partial charge is 0.258 e. The quantitative estimate of drug-likeness (QED) is 0.799. The molecular weight excluding hydrogens is 286 g/mol. The van der Waals surface area contributed by atoms with Crippen molar-refractivity contribution in [2.45, 2.75) is 25.8 Å². The summed E-state index contributed by atoms with van der Waals surface area (Å²) < 4.78 is 5.36. The summed E-state index contributed by atoms with van der Waals surface area (Å²) in [6.07, 6.45) is 3.40. The molecule has 3 rings (SSSR count). The van der Waals surface area contributed by atoms with Gasteiger partial charge in [0, 0.05) is 17.3 Å². The Morgan fingerprint density at radius 2 is 2.13 bits per heavy atom. The second-order valence-electron chi connectivity index (χ2n) is 5.88. The van der Waals surface area contributed by atoms with E-state index in [-0.39, 0.29) is 11.9 Å². The molecule has 0 N–H and O–H groups in total. The van der Waals surface area contributed by atoms with E-state index < -0.39 is 0 Å². The van der Waals surface area contributed by atoms with Crippen molar-refractivity contribution in [1.29, 1.82) is 0 Å². The number of benzene rings is 2. The molecule has 2 aromatic carbocycles. The number of carbonyl (C=O) groups excluding carboxylic acids is 1.